The van der Waals surface area contributed by atoms with Crippen molar-refractivity contribution >= 4 is 29.4 Å². The van der Waals surface area contributed by atoms with E-state index in [1.54, 1.807) is 24.3 Å². The standard InChI is InChI=1S/C15H19ClN2O4/c1-22-14(20)8-10-17-13(19)3-2-9-18-15(21)11-4-6-12(16)7-5-11/h4-7H,2-3,8-10H2,1H3,(H,17,19)(H,18,21). The Bertz CT molecular complexity index is 517. The van der Waals surface area contributed by atoms with Crippen LogP contribution >= 0.6 is 11.6 Å². The first-order chi connectivity index (χ1) is 10.5. The molecule has 22 heavy (non-hydrogen) atoms. The highest BCUT2D eigenvalue weighted by molar-refractivity contribution is 6.30. The first-order valence-electron chi connectivity index (χ1n) is 6.90. The lowest BCUT2D eigenvalue weighted by molar-refractivity contribution is -0.140. The van der Waals surface area contributed by atoms with Crippen LogP contribution in [0.15, 0.2) is 24.3 Å². The Morgan fingerprint density at radius 3 is 2.36 bits per heavy atom. The largest absolute Gasteiger partial charge is 0.469 e. The van der Waals surface area contributed by atoms with Crippen LogP contribution in [0.2, 0.25) is 5.02 Å². The Balaban J connectivity index is 2.14. The summed E-state index contributed by atoms with van der Waals surface area (Å²) in [7, 11) is 1.30. The number of methoxy groups -OCH3 is 1. The molecule has 120 valence electrons. The topological polar surface area (TPSA) is 84.5 Å². The second-order valence-corrected chi connectivity index (χ2v) is 4.98. The molecular formula is C15H19ClN2O4. The van der Waals surface area contributed by atoms with Crippen LogP contribution in [0, 0.1) is 0 Å². The summed E-state index contributed by atoms with van der Waals surface area (Å²) in [5.74, 6) is -0.733. The molecule has 0 radical (unpaired) electrons. The number of ether oxygens (including phenoxy) is 1. The molecule has 0 unspecified atom stereocenters. The Morgan fingerprint density at radius 2 is 1.73 bits per heavy atom. The van der Waals surface area contributed by atoms with E-state index in [9.17, 15) is 14.4 Å². The van der Waals surface area contributed by atoms with Gasteiger partial charge in [0.1, 0.15) is 0 Å². The molecule has 0 spiro atoms. The van der Waals surface area contributed by atoms with Crippen LogP contribution in [0.25, 0.3) is 0 Å². The summed E-state index contributed by atoms with van der Waals surface area (Å²) in [6.07, 6.45) is 0.945. The van der Waals surface area contributed by atoms with E-state index < -0.39 is 0 Å². The van der Waals surface area contributed by atoms with Gasteiger partial charge in [0.05, 0.1) is 13.5 Å². The van der Waals surface area contributed by atoms with E-state index in [4.69, 9.17) is 11.6 Å². The van der Waals surface area contributed by atoms with Gasteiger partial charge in [-0.25, -0.2) is 0 Å². The lowest BCUT2D eigenvalue weighted by Gasteiger charge is -2.06. The molecule has 0 fully saturated rings. The summed E-state index contributed by atoms with van der Waals surface area (Å²) < 4.78 is 4.46. The Labute approximate surface area is 134 Å². The van der Waals surface area contributed by atoms with Crippen molar-refractivity contribution in [1.82, 2.24) is 10.6 Å². The molecule has 1 rings (SSSR count). The number of benzene rings is 1. The molecule has 1 aromatic carbocycles. The van der Waals surface area contributed by atoms with Gasteiger partial charge < -0.3 is 15.4 Å². The lowest BCUT2D eigenvalue weighted by atomic mass is 10.2. The van der Waals surface area contributed by atoms with Gasteiger partial charge in [-0.2, -0.15) is 0 Å². The molecule has 2 N–H and O–H groups in total. The van der Waals surface area contributed by atoms with Gasteiger partial charge in [0, 0.05) is 30.1 Å². The van der Waals surface area contributed by atoms with E-state index in [0.717, 1.165) is 0 Å². The second kappa shape index (κ2) is 9.78. The molecule has 0 aliphatic heterocycles. The monoisotopic (exact) mass is 326 g/mol. The predicted octanol–water partition coefficient (Wildman–Crippen LogP) is 1.53. The minimum atomic E-state index is -0.365. The zero-order chi connectivity index (χ0) is 16.4. The summed E-state index contributed by atoms with van der Waals surface area (Å²) in [6.45, 7) is 0.647. The van der Waals surface area contributed by atoms with Gasteiger partial charge in [-0.05, 0) is 30.7 Å². The fourth-order valence-electron chi connectivity index (χ4n) is 1.65. The third-order valence-corrected chi connectivity index (χ3v) is 3.10. The van der Waals surface area contributed by atoms with Crippen molar-refractivity contribution in [3.63, 3.8) is 0 Å². The van der Waals surface area contributed by atoms with Gasteiger partial charge in [-0.15, -0.1) is 0 Å². The maximum absolute atomic E-state index is 11.8. The highest BCUT2D eigenvalue weighted by atomic mass is 35.5. The molecule has 2 amide bonds. The van der Waals surface area contributed by atoms with Gasteiger partial charge >= 0.3 is 5.97 Å². The zero-order valence-corrected chi connectivity index (χ0v) is 13.1. The molecule has 7 heteroatoms. The van der Waals surface area contributed by atoms with Crippen molar-refractivity contribution in [3.05, 3.63) is 34.9 Å². The molecule has 0 aliphatic carbocycles. The highest BCUT2D eigenvalue weighted by Gasteiger charge is 2.06. The Kier molecular flexibility index (Phi) is 7.99. The third kappa shape index (κ3) is 7.08. The molecular weight excluding hydrogens is 308 g/mol. The molecule has 0 bridgehead atoms. The van der Waals surface area contributed by atoms with Gasteiger partial charge in [-0.3, -0.25) is 14.4 Å². The second-order valence-electron chi connectivity index (χ2n) is 4.54. The average Bonchev–Trinajstić information content (AvgIpc) is 2.51. The van der Waals surface area contributed by atoms with Gasteiger partial charge in [0.15, 0.2) is 0 Å². The molecule has 0 atom stereocenters. The normalized spacial score (nSPS) is 9.91. The number of hydrogen-bond donors (Lipinski definition) is 2. The summed E-state index contributed by atoms with van der Waals surface area (Å²) >= 11 is 5.74. The van der Waals surface area contributed by atoms with Crippen LogP contribution in [-0.4, -0.2) is 38.0 Å². The molecule has 0 saturated heterocycles. The molecule has 0 aliphatic rings. The van der Waals surface area contributed by atoms with E-state index in [0.29, 0.717) is 23.6 Å². The minimum absolute atomic E-state index is 0.148. The number of amides is 2. The van der Waals surface area contributed by atoms with Crippen molar-refractivity contribution in [1.29, 1.82) is 0 Å². The van der Waals surface area contributed by atoms with Gasteiger partial charge in [0.25, 0.3) is 5.91 Å². The number of esters is 1. The number of hydrogen-bond acceptors (Lipinski definition) is 4. The maximum Gasteiger partial charge on any atom is 0.307 e. The Morgan fingerprint density at radius 1 is 1.05 bits per heavy atom. The van der Waals surface area contributed by atoms with E-state index in [-0.39, 0.29) is 37.2 Å². The summed E-state index contributed by atoms with van der Waals surface area (Å²) in [6, 6.07) is 6.56. The molecule has 0 saturated carbocycles. The fraction of sp³-hybridized carbons (Fsp3) is 0.400. The van der Waals surface area contributed by atoms with E-state index in [1.807, 2.05) is 0 Å². The number of rotatable bonds is 8. The quantitative estimate of drug-likeness (QED) is 0.560. The van der Waals surface area contributed by atoms with Crippen LogP contribution < -0.4 is 10.6 Å². The van der Waals surface area contributed by atoms with Crippen molar-refractivity contribution < 1.29 is 19.1 Å². The number of halogens is 1. The molecule has 0 aromatic heterocycles. The number of carbonyl (C=O) groups excluding carboxylic acids is 3. The van der Waals surface area contributed by atoms with E-state index >= 15 is 0 Å². The first-order valence-corrected chi connectivity index (χ1v) is 7.28. The zero-order valence-electron chi connectivity index (χ0n) is 12.4. The third-order valence-electron chi connectivity index (χ3n) is 2.85. The Hall–Kier alpha value is -2.08. The van der Waals surface area contributed by atoms with Crippen molar-refractivity contribution in [2.45, 2.75) is 19.3 Å². The number of nitrogens with one attached hydrogen (secondary N) is 2. The van der Waals surface area contributed by atoms with Crippen molar-refractivity contribution in [3.8, 4) is 0 Å². The highest BCUT2D eigenvalue weighted by Crippen LogP contribution is 2.09. The van der Waals surface area contributed by atoms with Gasteiger partial charge in [0.2, 0.25) is 5.91 Å². The van der Waals surface area contributed by atoms with Gasteiger partial charge in [-0.1, -0.05) is 11.6 Å². The predicted molar refractivity (Wildman–Crippen MR) is 82.7 cm³/mol. The van der Waals surface area contributed by atoms with Crippen LogP contribution in [-0.2, 0) is 14.3 Å². The summed E-state index contributed by atoms with van der Waals surface area (Å²) in [5.41, 5.74) is 0.520. The van der Waals surface area contributed by atoms with E-state index in [2.05, 4.69) is 15.4 Å². The van der Waals surface area contributed by atoms with Crippen LogP contribution in [0.4, 0.5) is 0 Å². The van der Waals surface area contributed by atoms with Crippen LogP contribution in [0.3, 0.4) is 0 Å². The maximum atomic E-state index is 11.8. The smallest absolute Gasteiger partial charge is 0.307 e. The first kappa shape index (κ1) is 18.0. The molecule has 1 aromatic rings. The van der Waals surface area contributed by atoms with Crippen LogP contribution in [0.1, 0.15) is 29.6 Å². The minimum Gasteiger partial charge on any atom is -0.469 e. The molecule has 0 heterocycles. The van der Waals surface area contributed by atoms with Crippen LogP contribution in [0.5, 0.6) is 0 Å². The number of carbonyl (C=O) groups is 3. The average molecular weight is 327 g/mol. The van der Waals surface area contributed by atoms with Crippen molar-refractivity contribution in [2.24, 2.45) is 0 Å². The van der Waals surface area contributed by atoms with Crippen molar-refractivity contribution in [2.75, 3.05) is 20.2 Å². The van der Waals surface area contributed by atoms with E-state index in [1.165, 1.54) is 7.11 Å². The summed E-state index contributed by atoms with van der Waals surface area (Å²) in [5, 5.41) is 5.90. The SMILES string of the molecule is COC(=O)CCNC(=O)CCCNC(=O)c1ccc(Cl)cc1. The lowest BCUT2D eigenvalue weighted by Crippen LogP contribution is -2.28. The summed E-state index contributed by atoms with van der Waals surface area (Å²) in [4.78, 5) is 34.1. The molecule has 6 nitrogen and oxygen atoms in total. The fourth-order valence-corrected chi connectivity index (χ4v) is 1.77.